The Morgan fingerprint density at radius 2 is 1.89 bits per heavy atom. The second kappa shape index (κ2) is 7.49. The van der Waals surface area contributed by atoms with Gasteiger partial charge in [-0.1, -0.05) is 19.9 Å². The van der Waals surface area contributed by atoms with Gasteiger partial charge in [0.1, 0.15) is 5.82 Å². The third-order valence-electron chi connectivity index (χ3n) is 3.86. The summed E-state index contributed by atoms with van der Waals surface area (Å²) in [6.45, 7) is 9.37. The predicted octanol–water partition coefficient (Wildman–Crippen LogP) is 3.73. The number of nitrogens with two attached hydrogens (primary N) is 1. The fourth-order valence-corrected chi connectivity index (χ4v) is 2.36. The molecule has 0 aromatic heterocycles. The van der Waals surface area contributed by atoms with E-state index in [0.717, 1.165) is 30.6 Å². The second-order valence-electron chi connectivity index (χ2n) is 5.15. The summed E-state index contributed by atoms with van der Waals surface area (Å²) in [5.41, 5.74) is 7.77. The molecular formula is C16H27FN2. The van der Waals surface area contributed by atoms with Crippen LogP contribution >= 0.6 is 0 Å². The van der Waals surface area contributed by atoms with Gasteiger partial charge >= 0.3 is 0 Å². The molecule has 0 spiro atoms. The van der Waals surface area contributed by atoms with Gasteiger partial charge in [0.05, 0.1) is 0 Å². The Labute approximate surface area is 116 Å². The van der Waals surface area contributed by atoms with E-state index in [1.807, 2.05) is 13.0 Å². The zero-order valence-electron chi connectivity index (χ0n) is 12.6. The normalized spacial score (nSPS) is 14.2. The highest BCUT2D eigenvalue weighted by Gasteiger charge is 2.18. The van der Waals surface area contributed by atoms with Crippen LogP contribution < -0.4 is 10.6 Å². The van der Waals surface area contributed by atoms with E-state index in [-0.39, 0.29) is 11.9 Å². The van der Waals surface area contributed by atoms with Gasteiger partial charge in [0, 0.05) is 29.9 Å². The first-order valence-corrected chi connectivity index (χ1v) is 7.34. The van der Waals surface area contributed by atoms with Gasteiger partial charge in [-0.05, 0) is 45.2 Å². The third kappa shape index (κ3) is 3.93. The molecule has 0 aliphatic carbocycles. The number of benzene rings is 1. The lowest BCUT2D eigenvalue weighted by molar-refractivity contribution is 0.569. The van der Waals surface area contributed by atoms with Crippen LogP contribution in [0.3, 0.4) is 0 Å². The van der Waals surface area contributed by atoms with Crippen molar-refractivity contribution in [3.63, 3.8) is 0 Å². The molecule has 108 valence electrons. The Balaban J connectivity index is 3.14. The van der Waals surface area contributed by atoms with Crippen molar-refractivity contribution in [3.8, 4) is 0 Å². The lowest BCUT2D eigenvalue weighted by atomic mass is 10.0. The highest BCUT2D eigenvalue weighted by Crippen LogP contribution is 2.27. The topological polar surface area (TPSA) is 29.3 Å². The van der Waals surface area contributed by atoms with Crippen molar-refractivity contribution in [1.29, 1.82) is 0 Å². The SMILES string of the molecule is CCC(N)Cc1c(F)cccc1N(CC)C(C)CC. The van der Waals surface area contributed by atoms with E-state index < -0.39 is 0 Å². The Morgan fingerprint density at radius 3 is 2.42 bits per heavy atom. The van der Waals surface area contributed by atoms with E-state index in [0.29, 0.717) is 12.5 Å². The molecule has 3 heteroatoms. The first-order valence-electron chi connectivity index (χ1n) is 7.34. The lowest BCUT2D eigenvalue weighted by Crippen LogP contribution is -2.34. The van der Waals surface area contributed by atoms with Crippen LogP contribution in [-0.4, -0.2) is 18.6 Å². The minimum absolute atomic E-state index is 0.0197. The molecule has 0 fully saturated rings. The summed E-state index contributed by atoms with van der Waals surface area (Å²) < 4.78 is 14.1. The van der Waals surface area contributed by atoms with Gasteiger partial charge in [0.25, 0.3) is 0 Å². The summed E-state index contributed by atoms with van der Waals surface area (Å²) in [6.07, 6.45) is 2.51. The van der Waals surface area contributed by atoms with Gasteiger partial charge in [0.2, 0.25) is 0 Å². The van der Waals surface area contributed by atoms with Crippen LogP contribution in [0, 0.1) is 5.82 Å². The summed E-state index contributed by atoms with van der Waals surface area (Å²) in [5.74, 6) is -0.136. The Hall–Kier alpha value is -1.09. The molecule has 1 aromatic carbocycles. The predicted molar refractivity (Wildman–Crippen MR) is 81.1 cm³/mol. The van der Waals surface area contributed by atoms with Crippen molar-refractivity contribution >= 4 is 5.69 Å². The minimum Gasteiger partial charge on any atom is -0.369 e. The van der Waals surface area contributed by atoms with Crippen molar-refractivity contribution in [3.05, 3.63) is 29.6 Å². The molecule has 2 nitrogen and oxygen atoms in total. The van der Waals surface area contributed by atoms with E-state index in [1.54, 1.807) is 6.07 Å². The maximum atomic E-state index is 14.1. The Morgan fingerprint density at radius 1 is 1.21 bits per heavy atom. The maximum Gasteiger partial charge on any atom is 0.128 e. The first-order chi connectivity index (χ1) is 9.04. The molecule has 0 aliphatic rings. The molecule has 0 radical (unpaired) electrons. The average Bonchev–Trinajstić information content (AvgIpc) is 2.42. The zero-order chi connectivity index (χ0) is 14.4. The molecule has 0 bridgehead atoms. The molecule has 0 aliphatic heterocycles. The summed E-state index contributed by atoms with van der Waals surface area (Å²) in [6, 6.07) is 5.76. The number of hydrogen-bond acceptors (Lipinski definition) is 2. The van der Waals surface area contributed by atoms with E-state index in [4.69, 9.17) is 5.73 Å². The van der Waals surface area contributed by atoms with Crippen LogP contribution in [-0.2, 0) is 6.42 Å². The largest absolute Gasteiger partial charge is 0.369 e. The van der Waals surface area contributed by atoms with Crippen molar-refractivity contribution in [1.82, 2.24) is 0 Å². The van der Waals surface area contributed by atoms with E-state index >= 15 is 0 Å². The van der Waals surface area contributed by atoms with Gasteiger partial charge in [-0.3, -0.25) is 0 Å². The number of nitrogens with zero attached hydrogens (tertiary/aromatic N) is 1. The Bertz CT molecular complexity index is 392. The molecule has 2 N–H and O–H groups in total. The molecule has 1 aromatic rings. The number of anilines is 1. The zero-order valence-corrected chi connectivity index (χ0v) is 12.6. The van der Waals surface area contributed by atoms with Crippen molar-refractivity contribution in [2.45, 2.75) is 59.0 Å². The first kappa shape index (κ1) is 16.0. The highest BCUT2D eigenvalue weighted by atomic mass is 19.1. The summed E-state index contributed by atoms with van der Waals surface area (Å²) in [7, 11) is 0. The molecule has 2 unspecified atom stereocenters. The van der Waals surface area contributed by atoms with Gasteiger partial charge in [0.15, 0.2) is 0 Å². The van der Waals surface area contributed by atoms with Crippen molar-refractivity contribution in [2.75, 3.05) is 11.4 Å². The monoisotopic (exact) mass is 266 g/mol. The molecular weight excluding hydrogens is 239 g/mol. The fraction of sp³-hybridized carbons (Fsp3) is 0.625. The lowest BCUT2D eigenvalue weighted by Gasteiger charge is -2.32. The van der Waals surface area contributed by atoms with Gasteiger partial charge < -0.3 is 10.6 Å². The van der Waals surface area contributed by atoms with Crippen LogP contribution in [0.1, 0.15) is 46.1 Å². The molecule has 1 rings (SSSR count). The number of rotatable bonds is 7. The van der Waals surface area contributed by atoms with E-state index in [2.05, 4.69) is 25.7 Å². The maximum absolute atomic E-state index is 14.1. The van der Waals surface area contributed by atoms with Gasteiger partial charge in [-0.25, -0.2) is 4.39 Å². The van der Waals surface area contributed by atoms with Crippen LogP contribution in [0.15, 0.2) is 18.2 Å². The van der Waals surface area contributed by atoms with Gasteiger partial charge in [-0.15, -0.1) is 0 Å². The average molecular weight is 266 g/mol. The Kier molecular flexibility index (Phi) is 6.29. The van der Waals surface area contributed by atoms with Crippen LogP contribution in [0.5, 0.6) is 0 Å². The molecule has 0 saturated carbocycles. The van der Waals surface area contributed by atoms with Crippen LogP contribution in [0.4, 0.5) is 10.1 Å². The van der Waals surface area contributed by atoms with E-state index in [1.165, 1.54) is 6.07 Å². The van der Waals surface area contributed by atoms with E-state index in [9.17, 15) is 4.39 Å². The summed E-state index contributed by atoms with van der Waals surface area (Å²) in [4.78, 5) is 2.26. The second-order valence-corrected chi connectivity index (χ2v) is 5.15. The smallest absolute Gasteiger partial charge is 0.128 e. The summed E-state index contributed by atoms with van der Waals surface area (Å²) in [5, 5.41) is 0. The molecule has 0 amide bonds. The number of halogens is 1. The summed E-state index contributed by atoms with van der Waals surface area (Å²) >= 11 is 0. The van der Waals surface area contributed by atoms with Crippen LogP contribution in [0.2, 0.25) is 0 Å². The van der Waals surface area contributed by atoms with Crippen molar-refractivity contribution in [2.24, 2.45) is 5.73 Å². The standard InChI is InChI=1S/C16H27FN2/c1-5-12(4)19(7-3)16-10-8-9-15(17)14(16)11-13(18)6-2/h8-10,12-13H,5-7,11,18H2,1-4H3. The molecule has 19 heavy (non-hydrogen) atoms. The number of hydrogen-bond donors (Lipinski definition) is 1. The molecule has 0 saturated heterocycles. The highest BCUT2D eigenvalue weighted by molar-refractivity contribution is 5.55. The molecule has 0 heterocycles. The fourth-order valence-electron chi connectivity index (χ4n) is 2.36. The minimum atomic E-state index is -0.136. The van der Waals surface area contributed by atoms with Gasteiger partial charge in [-0.2, -0.15) is 0 Å². The third-order valence-corrected chi connectivity index (χ3v) is 3.86. The van der Waals surface area contributed by atoms with Crippen molar-refractivity contribution < 1.29 is 4.39 Å². The molecule has 2 atom stereocenters. The quantitative estimate of drug-likeness (QED) is 0.814. The van der Waals surface area contributed by atoms with Crippen LogP contribution in [0.25, 0.3) is 0 Å².